The number of rotatable bonds is 8. The molecule has 0 heterocycles. The van der Waals surface area contributed by atoms with E-state index in [0.717, 1.165) is 12.1 Å². The van der Waals surface area contributed by atoms with Gasteiger partial charge < -0.3 is 19.5 Å². The molecule has 0 aromatic heterocycles. The van der Waals surface area contributed by atoms with Crippen molar-refractivity contribution in [3.8, 4) is 0 Å². The summed E-state index contributed by atoms with van der Waals surface area (Å²) in [6.45, 7) is 3.87. The molecule has 0 aliphatic rings. The lowest BCUT2D eigenvalue weighted by atomic mass is 10.1. The summed E-state index contributed by atoms with van der Waals surface area (Å²) in [4.78, 5) is 35.5. The average Bonchev–Trinajstić information content (AvgIpc) is 2.61. The van der Waals surface area contributed by atoms with Crippen molar-refractivity contribution in [1.82, 2.24) is 5.32 Å². The smallest absolute Gasteiger partial charge is 0.442 e. The van der Waals surface area contributed by atoms with Crippen molar-refractivity contribution >= 4 is 23.7 Å². The minimum atomic E-state index is -5.29. The minimum absolute atomic E-state index is 0.0968. The molecule has 1 aromatic rings. The van der Waals surface area contributed by atoms with Crippen molar-refractivity contribution in [3.05, 3.63) is 29.8 Å². The number of halogens is 3. The van der Waals surface area contributed by atoms with E-state index in [1.54, 1.807) is 6.92 Å². The van der Waals surface area contributed by atoms with Gasteiger partial charge in [0.15, 0.2) is 0 Å². The molecule has 1 atom stereocenters. The zero-order valence-corrected chi connectivity index (χ0v) is 15.5. The minimum Gasteiger partial charge on any atom is -0.463 e. The number of alkyl carbamates (subject to hydrolysis) is 1. The fourth-order valence-corrected chi connectivity index (χ4v) is 2.07. The summed E-state index contributed by atoms with van der Waals surface area (Å²) in [5, 5.41) is 3.44. The van der Waals surface area contributed by atoms with Gasteiger partial charge in [0.25, 0.3) is 0 Å². The Hall–Kier alpha value is -2.98. The molecule has 0 bridgehead atoms. The maximum atomic E-state index is 13.8. The number of hydrogen-bond acceptors (Lipinski definition) is 7. The molecule has 0 radical (unpaired) electrons. The predicted octanol–water partition coefficient (Wildman–Crippen LogP) is 2.84. The van der Waals surface area contributed by atoms with Gasteiger partial charge in [-0.3, -0.25) is 5.32 Å². The Balaban J connectivity index is 3.28. The summed E-state index contributed by atoms with van der Waals surface area (Å²) in [5.74, 6) is -2.43. The quantitative estimate of drug-likeness (QED) is 0.389. The Bertz CT molecular complexity index is 693. The van der Waals surface area contributed by atoms with Crippen LogP contribution in [0.2, 0.25) is 0 Å². The van der Waals surface area contributed by atoms with E-state index < -0.39 is 29.9 Å². The van der Waals surface area contributed by atoms with E-state index in [1.165, 1.54) is 31.3 Å². The molecule has 1 aromatic carbocycles. The first-order valence-electron chi connectivity index (χ1n) is 8.35. The van der Waals surface area contributed by atoms with E-state index in [2.05, 4.69) is 9.47 Å². The summed E-state index contributed by atoms with van der Waals surface area (Å²) in [6, 6.07) is 4.66. The number of amides is 1. The van der Waals surface area contributed by atoms with Gasteiger partial charge in [-0.1, -0.05) is 0 Å². The van der Waals surface area contributed by atoms with Crippen LogP contribution in [0.15, 0.2) is 24.3 Å². The molecule has 0 spiro atoms. The molecule has 0 saturated carbocycles. The van der Waals surface area contributed by atoms with Crippen LogP contribution in [0.1, 0.15) is 31.1 Å². The molecular formula is C17H21F3N2O6. The highest BCUT2D eigenvalue weighted by Crippen LogP contribution is 2.33. The highest BCUT2D eigenvalue weighted by atomic mass is 19.4. The second kappa shape index (κ2) is 9.81. The molecular weight excluding hydrogens is 385 g/mol. The van der Waals surface area contributed by atoms with Crippen LogP contribution in [0, 0.1) is 0 Å². The van der Waals surface area contributed by atoms with E-state index >= 15 is 0 Å². The third-order valence-electron chi connectivity index (χ3n) is 3.30. The highest BCUT2D eigenvalue weighted by Gasteiger charge is 2.64. The normalized spacial score (nSPS) is 13.1. The summed E-state index contributed by atoms with van der Waals surface area (Å²) in [5.41, 5.74) is -3.71. The van der Waals surface area contributed by atoms with E-state index in [9.17, 15) is 27.6 Å². The van der Waals surface area contributed by atoms with Crippen LogP contribution in [-0.4, -0.2) is 49.7 Å². The summed E-state index contributed by atoms with van der Waals surface area (Å²) < 4.78 is 55.3. The number of carbonyl (C=O) groups is 3. The van der Waals surface area contributed by atoms with Crippen molar-refractivity contribution in [1.29, 1.82) is 0 Å². The molecule has 156 valence electrons. The lowest BCUT2D eigenvalue weighted by Crippen LogP contribution is -2.69. The molecule has 1 unspecified atom stereocenters. The molecule has 0 saturated heterocycles. The van der Waals surface area contributed by atoms with Gasteiger partial charge >= 0.3 is 29.9 Å². The lowest BCUT2D eigenvalue weighted by molar-refractivity contribution is -0.205. The maximum Gasteiger partial charge on any atom is 0.442 e. The number of alkyl halides is 3. The fourth-order valence-electron chi connectivity index (χ4n) is 2.07. The number of esters is 2. The number of nitrogens with one attached hydrogen (secondary N) is 2. The van der Waals surface area contributed by atoms with Gasteiger partial charge in [0.2, 0.25) is 0 Å². The first-order valence-corrected chi connectivity index (χ1v) is 8.35. The monoisotopic (exact) mass is 406 g/mol. The number of carbonyl (C=O) groups excluding carboxylic acids is 3. The topological polar surface area (TPSA) is 103 Å². The van der Waals surface area contributed by atoms with Crippen LogP contribution in [0.25, 0.3) is 0 Å². The summed E-state index contributed by atoms with van der Waals surface area (Å²) in [7, 11) is 0. The number of hydrogen-bond donors (Lipinski definition) is 2. The first kappa shape index (κ1) is 23.1. The predicted molar refractivity (Wildman–Crippen MR) is 91.6 cm³/mol. The van der Waals surface area contributed by atoms with Gasteiger partial charge in [-0.05, 0) is 45.0 Å². The van der Waals surface area contributed by atoms with Crippen molar-refractivity contribution in [2.45, 2.75) is 32.6 Å². The third-order valence-corrected chi connectivity index (χ3v) is 3.30. The first-order chi connectivity index (χ1) is 13.1. The van der Waals surface area contributed by atoms with Gasteiger partial charge in [0, 0.05) is 5.69 Å². The Labute approximate surface area is 159 Å². The highest BCUT2D eigenvalue weighted by molar-refractivity contribution is 5.91. The Kier molecular flexibility index (Phi) is 8.08. The van der Waals surface area contributed by atoms with Gasteiger partial charge in [0.1, 0.15) is 0 Å². The molecule has 2 N–H and O–H groups in total. The largest absolute Gasteiger partial charge is 0.463 e. The van der Waals surface area contributed by atoms with Gasteiger partial charge in [-0.2, -0.15) is 13.2 Å². The second-order valence-electron chi connectivity index (χ2n) is 5.24. The van der Waals surface area contributed by atoms with Crippen molar-refractivity contribution < 1.29 is 41.8 Å². The van der Waals surface area contributed by atoms with Gasteiger partial charge in [-0.25, -0.2) is 14.4 Å². The summed E-state index contributed by atoms with van der Waals surface area (Å²) >= 11 is 0. The van der Waals surface area contributed by atoms with E-state index in [-0.39, 0.29) is 31.1 Å². The molecule has 11 heteroatoms. The zero-order chi connectivity index (χ0) is 21.4. The number of ether oxygens (including phenoxy) is 3. The summed E-state index contributed by atoms with van der Waals surface area (Å²) in [6.07, 6.45) is -6.75. The van der Waals surface area contributed by atoms with E-state index in [4.69, 9.17) is 4.74 Å². The molecule has 8 nitrogen and oxygen atoms in total. The van der Waals surface area contributed by atoms with Crippen LogP contribution in [0.3, 0.4) is 0 Å². The third kappa shape index (κ3) is 5.51. The zero-order valence-electron chi connectivity index (χ0n) is 15.5. The molecule has 1 rings (SSSR count). The van der Waals surface area contributed by atoms with Crippen LogP contribution in [0.5, 0.6) is 0 Å². The van der Waals surface area contributed by atoms with Crippen LogP contribution < -0.4 is 10.6 Å². The Morgan fingerprint density at radius 3 is 1.89 bits per heavy atom. The second-order valence-corrected chi connectivity index (χ2v) is 5.24. The Morgan fingerprint density at radius 1 is 0.893 bits per heavy atom. The van der Waals surface area contributed by atoms with Crippen LogP contribution in [-0.2, 0) is 19.0 Å². The molecule has 0 fully saturated rings. The maximum absolute atomic E-state index is 13.8. The van der Waals surface area contributed by atoms with Gasteiger partial charge in [-0.15, -0.1) is 0 Å². The lowest BCUT2D eigenvalue weighted by Gasteiger charge is -2.34. The van der Waals surface area contributed by atoms with Crippen LogP contribution in [0.4, 0.5) is 23.7 Å². The van der Waals surface area contributed by atoms with Crippen LogP contribution >= 0.6 is 0 Å². The van der Waals surface area contributed by atoms with Crippen molar-refractivity contribution in [2.75, 3.05) is 25.1 Å². The van der Waals surface area contributed by atoms with Gasteiger partial charge in [0.05, 0.1) is 25.4 Å². The number of benzene rings is 1. The van der Waals surface area contributed by atoms with Crippen molar-refractivity contribution in [2.24, 2.45) is 0 Å². The standard InChI is InChI=1S/C17H21F3N2O6/c1-4-26-13(23)11-7-9-12(10-8-11)21-16(17(18,19)20,14(24)27-5-2)22-15(25)28-6-3/h7-10,21H,4-6H2,1-3H3,(H,22,25). The molecule has 0 aliphatic heterocycles. The molecule has 0 aliphatic carbocycles. The van der Waals surface area contributed by atoms with Crippen molar-refractivity contribution in [3.63, 3.8) is 0 Å². The SMILES string of the molecule is CCOC(=O)NC(Nc1ccc(C(=O)OCC)cc1)(C(=O)OCC)C(F)(F)F. The fraction of sp³-hybridized carbons (Fsp3) is 0.471. The molecule has 1 amide bonds. The van der Waals surface area contributed by atoms with E-state index in [0.29, 0.717) is 0 Å². The number of anilines is 1. The van der Waals surface area contributed by atoms with E-state index in [1.807, 2.05) is 5.32 Å². The molecule has 28 heavy (non-hydrogen) atoms. The Morgan fingerprint density at radius 2 is 1.43 bits per heavy atom. The average molecular weight is 406 g/mol.